The van der Waals surface area contributed by atoms with E-state index in [1.54, 1.807) is 6.20 Å². The van der Waals surface area contributed by atoms with Crippen LogP contribution in [-0.4, -0.2) is 57.8 Å². The van der Waals surface area contributed by atoms with Crippen molar-refractivity contribution in [1.29, 1.82) is 0 Å². The van der Waals surface area contributed by atoms with Crippen LogP contribution in [0.5, 0.6) is 0 Å². The molecular formula is C17H26N4O2. The summed E-state index contributed by atoms with van der Waals surface area (Å²) in [6, 6.07) is 0. The van der Waals surface area contributed by atoms with Crippen LogP contribution in [0.4, 0.5) is 0 Å². The number of piperidine rings is 1. The summed E-state index contributed by atoms with van der Waals surface area (Å²) in [4.78, 5) is 35.8. The van der Waals surface area contributed by atoms with E-state index in [1.807, 2.05) is 16.0 Å². The van der Waals surface area contributed by atoms with Gasteiger partial charge in [-0.2, -0.15) is 0 Å². The summed E-state index contributed by atoms with van der Waals surface area (Å²) in [6.07, 6.45) is 9.93. The number of carbonyl (C=O) groups is 2. The minimum Gasteiger partial charge on any atom is -0.348 e. The van der Waals surface area contributed by atoms with Gasteiger partial charge < -0.3 is 14.8 Å². The zero-order chi connectivity index (χ0) is 16.1. The molecule has 3 rings (SSSR count). The molecule has 6 heteroatoms. The lowest BCUT2D eigenvalue weighted by Crippen LogP contribution is -2.41. The van der Waals surface area contributed by atoms with E-state index in [0.717, 1.165) is 57.6 Å². The summed E-state index contributed by atoms with van der Waals surface area (Å²) in [5.74, 6) is 1.66. The van der Waals surface area contributed by atoms with E-state index in [9.17, 15) is 9.59 Å². The Morgan fingerprint density at radius 1 is 1.26 bits per heavy atom. The van der Waals surface area contributed by atoms with Gasteiger partial charge in [-0.3, -0.25) is 9.59 Å². The first-order valence-corrected chi connectivity index (χ1v) is 8.79. The molecule has 2 amide bonds. The second kappa shape index (κ2) is 7.62. The standard InChI is InChI=1S/C17H26N4O2/c22-15-6-2-1-3-10-20(15)12-7-16(23)21-11-4-5-14(13-21)17-18-8-9-19-17/h8-9,14H,1-7,10-13H2,(H,18,19). The molecule has 1 N–H and O–H groups in total. The molecule has 2 aliphatic heterocycles. The van der Waals surface area contributed by atoms with Gasteiger partial charge in [-0.15, -0.1) is 0 Å². The summed E-state index contributed by atoms with van der Waals surface area (Å²) in [5, 5.41) is 0. The Hall–Kier alpha value is -1.85. The number of imidazole rings is 1. The molecule has 0 saturated carbocycles. The van der Waals surface area contributed by atoms with E-state index < -0.39 is 0 Å². The Morgan fingerprint density at radius 2 is 2.17 bits per heavy atom. The number of nitrogens with one attached hydrogen (secondary N) is 1. The van der Waals surface area contributed by atoms with Crippen molar-refractivity contribution in [2.75, 3.05) is 26.2 Å². The average Bonchev–Trinajstić information content (AvgIpc) is 3.04. The van der Waals surface area contributed by atoms with Gasteiger partial charge in [0.2, 0.25) is 11.8 Å². The van der Waals surface area contributed by atoms with Crippen molar-refractivity contribution in [3.63, 3.8) is 0 Å². The van der Waals surface area contributed by atoms with Crippen molar-refractivity contribution in [3.8, 4) is 0 Å². The van der Waals surface area contributed by atoms with Gasteiger partial charge in [-0.1, -0.05) is 6.42 Å². The van der Waals surface area contributed by atoms with E-state index in [4.69, 9.17) is 0 Å². The third-order valence-electron chi connectivity index (χ3n) is 4.95. The molecule has 1 atom stereocenters. The van der Waals surface area contributed by atoms with Crippen molar-refractivity contribution < 1.29 is 9.59 Å². The van der Waals surface area contributed by atoms with E-state index >= 15 is 0 Å². The molecule has 2 aliphatic rings. The maximum Gasteiger partial charge on any atom is 0.224 e. The fourth-order valence-electron chi connectivity index (χ4n) is 3.59. The molecule has 23 heavy (non-hydrogen) atoms. The molecule has 0 spiro atoms. The van der Waals surface area contributed by atoms with Gasteiger partial charge in [0.15, 0.2) is 0 Å². The Kier molecular flexibility index (Phi) is 5.31. The fourth-order valence-corrected chi connectivity index (χ4v) is 3.59. The Balaban J connectivity index is 1.50. The molecule has 0 bridgehead atoms. The van der Waals surface area contributed by atoms with Gasteiger partial charge >= 0.3 is 0 Å². The minimum atomic E-state index is 0.165. The van der Waals surface area contributed by atoms with Gasteiger partial charge in [0.25, 0.3) is 0 Å². The lowest BCUT2D eigenvalue weighted by Gasteiger charge is -2.32. The van der Waals surface area contributed by atoms with E-state index in [1.165, 1.54) is 0 Å². The lowest BCUT2D eigenvalue weighted by atomic mass is 9.97. The molecule has 2 saturated heterocycles. The molecule has 1 aromatic heterocycles. The normalized spacial score (nSPS) is 23.0. The smallest absolute Gasteiger partial charge is 0.224 e. The first-order chi connectivity index (χ1) is 11.2. The van der Waals surface area contributed by atoms with Crippen LogP contribution in [0.2, 0.25) is 0 Å². The maximum absolute atomic E-state index is 12.5. The van der Waals surface area contributed by atoms with Crippen molar-refractivity contribution in [3.05, 3.63) is 18.2 Å². The highest BCUT2D eigenvalue weighted by atomic mass is 16.2. The number of aromatic amines is 1. The average molecular weight is 318 g/mol. The molecule has 126 valence electrons. The van der Waals surface area contributed by atoms with Crippen LogP contribution in [0, 0.1) is 0 Å². The third kappa shape index (κ3) is 4.12. The monoisotopic (exact) mass is 318 g/mol. The first kappa shape index (κ1) is 16.0. The van der Waals surface area contributed by atoms with Gasteiger partial charge in [0.05, 0.1) is 0 Å². The molecule has 6 nitrogen and oxygen atoms in total. The Labute approximate surface area is 137 Å². The summed E-state index contributed by atoms with van der Waals surface area (Å²) >= 11 is 0. The molecule has 2 fully saturated rings. The van der Waals surface area contributed by atoms with Crippen LogP contribution in [0.25, 0.3) is 0 Å². The fraction of sp³-hybridized carbons (Fsp3) is 0.706. The molecule has 0 radical (unpaired) electrons. The highest BCUT2D eigenvalue weighted by molar-refractivity contribution is 5.79. The van der Waals surface area contributed by atoms with Crippen LogP contribution in [-0.2, 0) is 9.59 Å². The van der Waals surface area contributed by atoms with Gasteiger partial charge in [-0.25, -0.2) is 4.98 Å². The molecule has 0 aliphatic carbocycles. The molecular weight excluding hydrogens is 292 g/mol. The maximum atomic E-state index is 12.5. The van der Waals surface area contributed by atoms with Gasteiger partial charge in [0.1, 0.15) is 5.82 Å². The van der Waals surface area contributed by atoms with Crippen molar-refractivity contribution >= 4 is 11.8 Å². The van der Waals surface area contributed by atoms with E-state index in [0.29, 0.717) is 25.3 Å². The van der Waals surface area contributed by atoms with Crippen molar-refractivity contribution in [1.82, 2.24) is 19.8 Å². The van der Waals surface area contributed by atoms with Gasteiger partial charge in [0, 0.05) is 57.3 Å². The highest BCUT2D eigenvalue weighted by Gasteiger charge is 2.26. The second-order valence-corrected chi connectivity index (χ2v) is 6.59. The number of H-pyrrole nitrogens is 1. The van der Waals surface area contributed by atoms with Crippen LogP contribution in [0.15, 0.2) is 12.4 Å². The van der Waals surface area contributed by atoms with E-state index in [2.05, 4.69) is 9.97 Å². The minimum absolute atomic E-state index is 0.165. The van der Waals surface area contributed by atoms with Crippen LogP contribution >= 0.6 is 0 Å². The largest absolute Gasteiger partial charge is 0.348 e. The SMILES string of the molecule is O=C1CCCCCN1CCC(=O)N1CCCC(c2ncc[nH]2)C1. The third-order valence-corrected chi connectivity index (χ3v) is 4.95. The number of carbonyl (C=O) groups excluding carboxylic acids is 2. The number of hydrogen-bond acceptors (Lipinski definition) is 3. The van der Waals surface area contributed by atoms with Crippen LogP contribution in [0.3, 0.4) is 0 Å². The number of amides is 2. The molecule has 3 heterocycles. The topological polar surface area (TPSA) is 69.3 Å². The van der Waals surface area contributed by atoms with Crippen LogP contribution in [0.1, 0.15) is 56.7 Å². The zero-order valence-electron chi connectivity index (χ0n) is 13.7. The summed E-state index contributed by atoms with van der Waals surface area (Å²) in [7, 11) is 0. The molecule has 1 aromatic rings. The van der Waals surface area contributed by atoms with Crippen LogP contribution < -0.4 is 0 Å². The summed E-state index contributed by atoms with van der Waals surface area (Å²) < 4.78 is 0. The number of hydrogen-bond donors (Lipinski definition) is 1. The van der Waals surface area contributed by atoms with Crippen molar-refractivity contribution in [2.45, 2.75) is 50.9 Å². The molecule has 0 aromatic carbocycles. The lowest BCUT2D eigenvalue weighted by molar-refractivity contribution is -0.134. The number of aromatic nitrogens is 2. The number of nitrogens with zero attached hydrogens (tertiary/aromatic N) is 3. The van der Waals surface area contributed by atoms with Gasteiger partial charge in [-0.05, 0) is 25.7 Å². The van der Waals surface area contributed by atoms with E-state index in [-0.39, 0.29) is 11.8 Å². The zero-order valence-corrected chi connectivity index (χ0v) is 13.7. The quantitative estimate of drug-likeness (QED) is 0.922. The van der Waals surface area contributed by atoms with Crippen molar-refractivity contribution in [2.24, 2.45) is 0 Å². The number of likely N-dealkylation sites (tertiary alicyclic amines) is 2. The summed E-state index contributed by atoms with van der Waals surface area (Å²) in [5.41, 5.74) is 0. The predicted octanol–water partition coefficient (Wildman–Crippen LogP) is 1.91. The Morgan fingerprint density at radius 3 is 3.00 bits per heavy atom. The first-order valence-electron chi connectivity index (χ1n) is 8.79. The number of rotatable bonds is 4. The Bertz CT molecular complexity index is 529. The molecule has 1 unspecified atom stereocenters. The highest BCUT2D eigenvalue weighted by Crippen LogP contribution is 2.24. The predicted molar refractivity (Wildman–Crippen MR) is 86.8 cm³/mol. The second-order valence-electron chi connectivity index (χ2n) is 6.59. The summed E-state index contributed by atoms with van der Waals surface area (Å²) in [6.45, 7) is 2.94.